The van der Waals surface area contributed by atoms with E-state index >= 15 is 0 Å². The van der Waals surface area contributed by atoms with Gasteiger partial charge >= 0.3 is 0 Å². The Balaban J connectivity index is 2.54. The summed E-state index contributed by atoms with van der Waals surface area (Å²) >= 11 is 0. The zero-order chi connectivity index (χ0) is 11.0. The van der Waals surface area contributed by atoms with Crippen molar-refractivity contribution in [3.63, 3.8) is 0 Å². The molecule has 15 heavy (non-hydrogen) atoms. The largest absolute Gasteiger partial charge is 0.260 e. The molecular weight excluding hydrogens is 182 g/mol. The molecule has 0 amide bonds. The average Bonchev–Trinajstić information content (AvgIpc) is 2.63. The summed E-state index contributed by atoms with van der Waals surface area (Å²) in [5.74, 6) is 1.18. The van der Waals surface area contributed by atoms with E-state index in [1.807, 2.05) is 0 Å². The van der Waals surface area contributed by atoms with Crippen molar-refractivity contribution in [2.75, 3.05) is 0 Å². The minimum Gasteiger partial charge on any atom is -0.260 e. The number of fused-ring (bicyclic) bond motifs is 1. The number of rotatable bonds is 2. The van der Waals surface area contributed by atoms with Crippen LogP contribution in [0.4, 0.5) is 0 Å². The van der Waals surface area contributed by atoms with E-state index in [0.717, 1.165) is 0 Å². The van der Waals surface area contributed by atoms with E-state index in [9.17, 15) is 0 Å². The molecule has 1 heteroatoms. The average molecular weight is 203 g/mol. The third kappa shape index (κ3) is 1.80. The molecule has 1 aromatic rings. The van der Waals surface area contributed by atoms with Crippen molar-refractivity contribution in [3.05, 3.63) is 28.6 Å². The SMILES string of the molecule is CC(C)c1cnc(C(C)C)c2c1CCC2. The first-order chi connectivity index (χ1) is 7.11. The fourth-order valence-electron chi connectivity index (χ4n) is 2.63. The molecule has 0 spiro atoms. The number of hydrogen-bond donors (Lipinski definition) is 0. The second kappa shape index (κ2) is 3.96. The predicted molar refractivity (Wildman–Crippen MR) is 64.4 cm³/mol. The molecule has 1 aliphatic carbocycles. The molecule has 0 aromatic carbocycles. The van der Waals surface area contributed by atoms with Crippen LogP contribution in [0.15, 0.2) is 6.20 Å². The van der Waals surface area contributed by atoms with Gasteiger partial charge in [-0.05, 0) is 47.8 Å². The molecule has 2 rings (SSSR count). The Morgan fingerprint density at radius 3 is 2.27 bits per heavy atom. The Bertz CT molecular complexity index is 329. The van der Waals surface area contributed by atoms with Gasteiger partial charge in [0.25, 0.3) is 0 Å². The van der Waals surface area contributed by atoms with Crippen LogP contribution < -0.4 is 0 Å². The van der Waals surface area contributed by atoms with Crippen molar-refractivity contribution in [2.45, 2.75) is 58.8 Å². The normalized spacial score (nSPS) is 15.1. The maximum absolute atomic E-state index is 4.67. The summed E-state index contributed by atoms with van der Waals surface area (Å²) in [4.78, 5) is 4.67. The number of nitrogens with zero attached hydrogens (tertiary/aromatic N) is 1. The lowest BCUT2D eigenvalue weighted by atomic mass is 9.93. The Kier molecular flexibility index (Phi) is 2.81. The van der Waals surface area contributed by atoms with E-state index in [1.165, 1.54) is 30.5 Å². The third-order valence-electron chi connectivity index (χ3n) is 3.39. The van der Waals surface area contributed by atoms with Crippen molar-refractivity contribution in [3.8, 4) is 0 Å². The molecule has 0 N–H and O–H groups in total. The quantitative estimate of drug-likeness (QED) is 0.712. The zero-order valence-corrected chi connectivity index (χ0v) is 10.3. The predicted octanol–water partition coefficient (Wildman–Crippen LogP) is 3.82. The van der Waals surface area contributed by atoms with E-state index in [0.29, 0.717) is 11.8 Å². The Morgan fingerprint density at radius 2 is 1.67 bits per heavy atom. The van der Waals surface area contributed by atoms with Gasteiger partial charge in [0.2, 0.25) is 0 Å². The molecule has 0 aliphatic heterocycles. The highest BCUT2D eigenvalue weighted by molar-refractivity contribution is 5.42. The Morgan fingerprint density at radius 1 is 1.00 bits per heavy atom. The van der Waals surface area contributed by atoms with Gasteiger partial charge in [0.15, 0.2) is 0 Å². The van der Waals surface area contributed by atoms with Gasteiger partial charge in [0.05, 0.1) is 0 Å². The van der Waals surface area contributed by atoms with E-state index < -0.39 is 0 Å². The van der Waals surface area contributed by atoms with Crippen molar-refractivity contribution in [1.29, 1.82) is 0 Å². The third-order valence-corrected chi connectivity index (χ3v) is 3.39. The van der Waals surface area contributed by atoms with Crippen LogP contribution in [0, 0.1) is 0 Å². The van der Waals surface area contributed by atoms with E-state index in [2.05, 4.69) is 38.9 Å². The van der Waals surface area contributed by atoms with Crippen LogP contribution in [0.25, 0.3) is 0 Å². The van der Waals surface area contributed by atoms with E-state index in [4.69, 9.17) is 0 Å². The van der Waals surface area contributed by atoms with Crippen LogP contribution in [0.3, 0.4) is 0 Å². The molecular formula is C14H21N. The molecule has 0 saturated carbocycles. The highest BCUT2D eigenvalue weighted by Gasteiger charge is 2.21. The highest BCUT2D eigenvalue weighted by Crippen LogP contribution is 2.33. The first kappa shape index (κ1) is 10.7. The van der Waals surface area contributed by atoms with Crippen LogP contribution in [-0.2, 0) is 12.8 Å². The molecule has 1 heterocycles. The molecule has 1 aliphatic rings. The van der Waals surface area contributed by atoms with Gasteiger partial charge in [0, 0.05) is 11.9 Å². The lowest BCUT2D eigenvalue weighted by Crippen LogP contribution is -2.04. The van der Waals surface area contributed by atoms with Gasteiger partial charge in [-0.2, -0.15) is 0 Å². The molecule has 0 unspecified atom stereocenters. The topological polar surface area (TPSA) is 12.9 Å². The van der Waals surface area contributed by atoms with Crippen molar-refractivity contribution in [1.82, 2.24) is 4.98 Å². The first-order valence-corrected chi connectivity index (χ1v) is 6.11. The summed E-state index contributed by atoms with van der Waals surface area (Å²) in [6, 6.07) is 0. The highest BCUT2D eigenvalue weighted by atomic mass is 14.7. The summed E-state index contributed by atoms with van der Waals surface area (Å²) < 4.78 is 0. The van der Waals surface area contributed by atoms with Crippen LogP contribution >= 0.6 is 0 Å². The van der Waals surface area contributed by atoms with Gasteiger partial charge in [-0.15, -0.1) is 0 Å². The summed E-state index contributed by atoms with van der Waals surface area (Å²) in [6.07, 6.45) is 5.95. The molecule has 0 radical (unpaired) electrons. The first-order valence-electron chi connectivity index (χ1n) is 6.11. The summed E-state index contributed by atoms with van der Waals surface area (Å²) in [6.45, 7) is 9.03. The van der Waals surface area contributed by atoms with E-state index in [1.54, 1.807) is 11.1 Å². The van der Waals surface area contributed by atoms with Crippen LogP contribution in [-0.4, -0.2) is 4.98 Å². The van der Waals surface area contributed by atoms with Crippen LogP contribution in [0.5, 0.6) is 0 Å². The lowest BCUT2D eigenvalue weighted by molar-refractivity contribution is 0.782. The van der Waals surface area contributed by atoms with Crippen LogP contribution in [0.2, 0.25) is 0 Å². The summed E-state index contributed by atoms with van der Waals surface area (Å²) in [5.41, 5.74) is 6.00. The monoisotopic (exact) mass is 203 g/mol. The van der Waals surface area contributed by atoms with E-state index in [-0.39, 0.29) is 0 Å². The zero-order valence-electron chi connectivity index (χ0n) is 10.3. The van der Waals surface area contributed by atoms with Gasteiger partial charge in [-0.3, -0.25) is 4.98 Å². The molecule has 1 nitrogen and oxygen atoms in total. The standard InChI is InChI=1S/C14H21N/c1-9(2)13-8-15-14(10(3)4)12-7-5-6-11(12)13/h8-10H,5-7H2,1-4H3. The molecule has 0 bridgehead atoms. The van der Waals surface area contributed by atoms with Gasteiger partial charge < -0.3 is 0 Å². The molecule has 1 aromatic heterocycles. The Labute approximate surface area is 92.9 Å². The molecule has 0 atom stereocenters. The van der Waals surface area contributed by atoms with Crippen LogP contribution in [0.1, 0.15) is 68.3 Å². The lowest BCUT2D eigenvalue weighted by Gasteiger charge is -2.16. The molecule has 0 fully saturated rings. The number of aromatic nitrogens is 1. The van der Waals surface area contributed by atoms with Gasteiger partial charge in [-0.1, -0.05) is 27.7 Å². The second-order valence-corrected chi connectivity index (χ2v) is 5.22. The summed E-state index contributed by atoms with van der Waals surface area (Å²) in [7, 11) is 0. The van der Waals surface area contributed by atoms with Gasteiger partial charge in [0.1, 0.15) is 0 Å². The molecule has 82 valence electrons. The molecule has 0 saturated heterocycles. The maximum Gasteiger partial charge on any atom is 0.0463 e. The summed E-state index contributed by atoms with van der Waals surface area (Å²) in [5, 5.41) is 0. The maximum atomic E-state index is 4.67. The smallest absolute Gasteiger partial charge is 0.0463 e. The van der Waals surface area contributed by atoms with Crippen molar-refractivity contribution in [2.24, 2.45) is 0 Å². The number of hydrogen-bond acceptors (Lipinski definition) is 1. The minimum absolute atomic E-state index is 0.568. The number of pyridine rings is 1. The minimum atomic E-state index is 0.568. The fraction of sp³-hybridized carbons (Fsp3) is 0.643. The van der Waals surface area contributed by atoms with Crippen molar-refractivity contribution >= 4 is 0 Å². The Hall–Kier alpha value is -0.850. The van der Waals surface area contributed by atoms with Crippen molar-refractivity contribution < 1.29 is 0 Å². The second-order valence-electron chi connectivity index (χ2n) is 5.22. The van der Waals surface area contributed by atoms with Gasteiger partial charge in [-0.25, -0.2) is 0 Å². The fourth-order valence-corrected chi connectivity index (χ4v) is 2.63.